The number of halogens is 3. The van der Waals surface area contributed by atoms with Crippen LogP contribution in [0.2, 0.25) is 0 Å². The highest BCUT2D eigenvalue weighted by atomic mass is 32.2. The first-order valence-corrected chi connectivity index (χ1v) is 11.8. The van der Waals surface area contributed by atoms with E-state index in [9.17, 15) is 21.6 Å². The molecule has 1 aromatic carbocycles. The summed E-state index contributed by atoms with van der Waals surface area (Å²) in [4.78, 5) is 4.39. The number of benzene rings is 1. The molecule has 1 aliphatic carbocycles. The van der Waals surface area contributed by atoms with E-state index >= 15 is 0 Å². The Morgan fingerprint density at radius 2 is 1.84 bits per heavy atom. The van der Waals surface area contributed by atoms with Gasteiger partial charge < -0.3 is 10.1 Å². The summed E-state index contributed by atoms with van der Waals surface area (Å²) in [7, 11) is -3.16. The van der Waals surface area contributed by atoms with Crippen LogP contribution in [-0.2, 0) is 10.0 Å². The number of anilines is 1. The van der Waals surface area contributed by atoms with Gasteiger partial charge in [0.05, 0.1) is 5.75 Å². The number of ether oxygens (including phenoxy) is 1. The molecule has 0 radical (unpaired) electrons. The highest BCUT2D eigenvalue weighted by molar-refractivity contribution is 7.89. The zero-order valence-corrected chi connectivity index (χ0v) is 18.0. The monoisotopic (exact) mass is 457 g/mol. The molecule has 0 aliphatic heterocycles. The molecule has 0 atom stereocenters. The summed E-state index contributed by atoms with van der Waals surface area (Å²) in [6, 6.07) is 9.63. The Morgan fingerprint density at radius 3 is 2.45 bits per heavy atom. The van der Waals surface area contributed by atoms with E-state index in [1.54, 1.807) is 31.3 Å². The van der Waals surface area contributed by atoms with Crippen molar-refractivity contribution in [2.45, 2.75) is 45.0 Å². The molecule has 0 unspecified atom stereocenters. The lowest BCUT2D eigenvalue weighted by Gasteiger charge is -2.29. The Kier molecular flexibility index (Phi) is 7.42. The fourth-order valence-corrected chi connectivity index (χ4v) is 4.28. The molecule has 1 aliphatic rings. The van der Waals surface area contributed by atoms with Gasteiger partial charge in [-0.25, -0.2) is 18.1 Å². The van der Waals surface area contributed by atoms with Crippen molar-refractivity contribution in [3.63, 3.8) is 0 Å². The van der Waals surface area contributed by atoms with Crippen molar-refractivity contribution < 1.29 is 26.3 Å². The van der Waals surface area contributed by atoms with E-state index in [0.29, 0.717) is 29.4 Å². The lowest BCUT2D eigenvalue weighted by molar-refractivity contribution is -0.274. The molecule has 0 saturated heterocycles. The van der Waals surface area contributed by atoms with Gasteiger partial charge in [0, 0.05) is 24.3 Å². The summed E-state index contributed by atoms with van der Waals surface area (Å²) < 4.78 is 67.0. The highest BCUT2D eigenvalue weighted by Crippen LogP contribution is 2.29. The molecule has 1 saturated carbocycles. The molecule has 2 N–H and O–H groups in total. The number of nitrogens with one attached hydrogen (secondary N) is 2. The van der Waals surface area contributed by atoms with Crippen LogP contribution in [0.15, 0.2) is 42.6 Å². The van der Waals surface area contributed by atoms with E-state index in [1.807, 2.05) is 0 Å². The van der Waals surface area contributed by atoms with Gasteiger partial charge >= 0.3 is 6.36 Å². The summed E-state index contributed by atoms with van der Waals surface area (Å²) in [5.74, 6) is 0.846. The van der Waals surface area contributed by atoms with E-state index < -0.39 is 16.4 Å². The van der Waals surface area contributed by atoms with E-state index in [4.69, 9.17) is 0 Å². The van der Waals surface area contributed by atoms with Gasteiger partial charge in [-0.05, 0) is 68.4 Å². The van der Waals surface area contributed by atoms with Gasteiger partial charge in [-0.3, -0.25) is 0 Å². The van der Waals surface area contributed by atoms with Crippen molar-refractivity contribution >= 4 is 15.8 Å². The molecule has 0 amide bonds. The van der Waals surface area contributed by atoms with Crippen molar-refractivity contribution in [1.29, 1.82) is 0 Å². The fraction of sp³-hybridized carbons (Fsp3) is 0.476. The predicted octanol–water partition coefficient (Wildman–Crippen LogP) is 4.56. The fourth-order valence-electron chi connectivity index (χ4n) is 3.59. The number of alkyl halides is 3. The Hall–Kier alpha value is -2.33. The second kappa shape index (κ2) is 9.86. The Bertz CT molecular complexity index is 958. The van der Waals surface area contributed by atoms with Crippen molar-refractivity contribution in [2.75, 3.05) is 17.6 Å². The molecule has 3 rings (SSSR count). The lowest BCUT2D eigenvalue weighted by atomic mass is 9.86. The van der Waals surface area contributed by atoms with E-state index in [2.05, 4.69) is 19.8 Å². The topological polar surface area (TPSA) is 80.3 Å². The maximum atomic E-state index is 12.4. The van der Waals surface area contributed by atoms with Crippen molar-refractivity contribution in [2.24, 2.45) is 5.92 Å². The quantitative estimate of drug-likeness (QED) is 0.608. The third-order valence-corrected chi connectivity index (χ3v) is 6.70. The second-order valence-corrected chi connectivity index (χ2v) is 9.72. The average molecular weight is 458 g/mol. The second-order valence-electron chi connectivity index (χ2n) is 7.62. The van der Waals surface area contributed by atoms with Gasteiger partial charge in [-0.2, -0.15) is 0 Å². The van der Waals surface area contributed by atoms with Crippen LogP contribution in [0.1, 0.15) is 32.6 Å². The van der Waals surface area contributed by atoms with Crippen LogP contribution in [0.25, 0.3) is 11.1 Å². The molecule has 0 spiro atoms. The number of aromatic nitrogens is 1. The largest absolute Gasteiger partial charge is 0.573 e. The van der Waals surface area contributed by atoms with Gasteiger partial charge in [0.25, 0.3) is 0 Å². The van der Waals surface area contributed by atoms with E-state index in [0.717, 1.165) is 25.7 Å². The van der Waals surface area contributed by atoms with Gasteiger partial charge in [0.1, 0.15) is 11.6 Å². The molecule has 2 aromatic rings. The molecule has 1 aromatic heterocycles. The number of nitrogens with zero attached hydrogens (tertiary/aromatic N) is 1. The Balaban J connectivity index is 1.52. The van der Waals surface area contributed by atoms with Gasteiger partial charge in [0.15, 0.2) is 0 Å². The number of hydrogen-bond donors (Lipinski definition) is 2. The normalized spacial score (nSPS) is 19.7. The number of sulfonamides is 1. The van der Waals surface area contributed by atoms with E-state index in [1.165, 1.54) is 18.2 Å². The number of hydrogen-bond acceptors (Lipinski definition) is 5. The third-order valence-electron chi connectivity index (χ3n) is 5.34. The zero-order chi connectivity index (χ0) is 22.5. The summed E-state index contributed by atoms with van der Waals surface area (Å²) in [5.41, 5.74) is 1.26. The van der Waals surface area contributed by atoms with Crippen LogP contribution < -0.4 is 14.8 Å². The van der Waals surface area contributed by atoms with Crippen LogP contribution >= 0.6 is 0 Å². The van der Waals surface area contributed by atoms with Crippen LogP contribution in [-0.4, -0.2) is 38.1 Å². The third kappa shape index (κ3) is 7.39. The van der Waals surface area contributed by atoms with Gasteiger partial charge in [-0.15, -0.1) is 13.2 Å². The molecule has 1 heterocycles. The minimum absolute atomic E-state index is 0.0885. The molecule has 170 valence electrons. The minimum Gasteiger partial charge on any atom is -0.406 e. The Morgan fingerprint density at radius 1 is 1.10 bits per heavy atom. The summed E-state index contributed by atoms with van der Waals surface area (Å²) >= 11 is 0. The summed E-state index contributed by atoms with van der Waals surface area (Å²) in [6.07, 6.45) is 0.559. The van der Waals surface area contributed by atoms with E-state index in [-0.39, 0.29) is 17.5 Å². The molecule has 0 bridgehead atoms. The molecule has 31 heavy (non-hydrogen) atoms. The first-order chi connectivity index (χ1) is 14.6. The SMILES string of the molecule is CCS(=O)(=O)NCC1CCC(Nc2ccc(-c3cccc(OC(F)(F)F)c3)cn2)CC1. The molecule has 10 heteroatoms. The van der Waals surface area contributed by atoms with Crippen LogP contribution in [0.5, 0.6) is 5.75 Å². The molecule has 6 nitrogen and oxygen atoms in total. The predicted molar refractivity (Wildman–Crippen MR) is 113 cm³/mol. The Labute approximate surface area is 180 Å². The van der Waals surface area contributed by atoms with Gasteiger partial charge in [0.2, 0.25) is 10.0 Å². The maximum absolute atomic E-state index is 12.4. The first kappa shape index (κ1) is 23.3. The standard InChI is InChI=1S/C21H26F3N3O3S/c1-2-31(28,29)26-13-15-6-9-18(10-7-15)27-20-11-8-17(14-25-20)16-4-3-5-19(12-16)30-21(22,23)24/h3-5,8,11-12,14-15,18,26H,2,6-7,9-10,13H2,1H3,(H,25,27). The molecule has 1 fully saturated rings. The van der Waals surface area contributed by atoms with Crippen molar-refractivity contribution in [1.82, 2.24) is 9.71 Å². The number of rotatable bonds is 8. The number of pyridine rings is 1. The zero-order valence-electron chi connectivity index (χ0n) is 17.2. The summed E-state index contributed by atoms with van der Waals surface area (Å²) in [5, 5.41) is 3.38. The van der Waals surface area contributed by atoms with Crippen LogP contribution in [0.4, 0.5) is 19.0 Å². The maximum Gasteiger partial charge on any atom is 0.573 e. The minimum atomic E-state index is -4.73. The van der Waals surface area contributed by atoms with Crippen LogP contribution in [0.3, 0.4) is 0 Å². The first-order valence-electron chi connectivity index (χ1n) is 10.2. The molecular weight excluding hydrogens is 431 g/mol. The van der Waals surface area contributed by atoms with Crippen LogP contribution in [0, 0.1) is 5.92 Å². The lowest BCUT2D eigenvalue weighted by Crippen LogP contribution is -2.34. The highest BCUT2D eigenvalue weighted by Gasteiger charge is 2.31. The summed E-state index contributed by atoms with van der Waals surface area (Å²) in [6.45, 7) is 2.10. The van der Waals surface area contributed by atoms with Crippen molar-refractivity contribution in [3.05, 3.63) is 42.6 Å². The van der Waals surface area contributed by atoms with Gasteiger partial charge in [-0.1, -0.05) is 12.1 Å². The van der Waals surface area contributed by atoms with Crippen molar-refractivity contribution in [3.8, 4) is 16.9 Å². The molecular formula is C21H26F3N3O3S. The average Bonchev–Trinajstić information content (AvgIpc) is 2.73. The smallest absolute Gasteiger partial charge is 0.406 e.